The van der Waals surface area contributed by atoms with Gasteiger partial charge in [0.25, 0.3) is 5.91 Å². The first kappa shape index (κ1) is 15.8. The molecule has 1 heterocycles. The molecule has 0 aliphatic carbocycles. The molecular weight excluding hydrogens is 282 g/mol. The van der Waals surface area contributed by atoms with Crippen LogP contribution in [0.1, 0.15) is 32.9 Å². The Morgan fingerprint density at radius 3 is 2.27 bits per heavy atom. The molecule has 0 unspecified atom stereocenters. The zero-order valence-corrected chi connectivity index (χ0v) is 13.1. The van der Waals surface area contributed by atoms with Crippen molar-refractivity contribution in [1.82, 2.24) is 10.5 Å². The van der Waals surface area contributed by atoms with E-state index in [0.717, 1.165) is 22.4 Å². The van der Waals surface area contributed by atoms with Gasteiger partial charge in [0, 0.05) is 11.8 Å². The number of amides is 2. The second-order valence-corrected chi connectivity index (χ2v) is 5.34. The summed E-state index contributed by atoms with van der Waals surface area (Å²) in [5.74, 6) is -0.666. The van der Waals surface area contributed by atoms with E-state index in [9.17, 15) is 9.59 Å². The van der Waals surface area contributed by atoms with Crippen LogP contribution in [-0.4, -0.2) is 23.5 Å². The number of benzene rings is 1. The van der Waals surface area contributed by atoms with Crippen molar-refractivity contribution in [3.05, 3.63) is 46.3 Å². The Morgan fingerprint density at radius 1 is 1.09 bits per heavy atom. The largest absolute Gasteiger partial charge is 0.351 e. The standard InChI is InChI=1S/C16H19N3O3/c1-9-5-10(2)15(11(3)6-9)18-14(20)8-17-16(21)13-7-12(4)19-22-13/h5-7H,8H2,1-4H3,(H,17,21)(H,18,20). The zero-order chi connectivity index (χ0) is 16.3. The number of hydrogen-bond donors (Lipinski definition) is 2. The Labute approximate surface area is 128 Å². The third-order valence-electron chi connectivity index (χ3n) is 3.20. The molecule has 1 aromatic carbocycles. The lowest BCUT2D eigenvalue weighted by atomic mass is 10.1. The molecule has 6 heteroatoms. The first-order valence-electron chi connectivity index (χ1n) is 6.96. The molecule has 0 aliphatic heterocycles. The maximum absolute atomic E-state index is 12.0. The molecule has 0 saturated carbocycles. The fraction of sp³-hybridized carbons (Fsp3) is 0.312. The van der Waals surface area contributed by atoms with Gasteiger partial charge in [-0.2, -0.15) is 0 Å². The van der Waals surface area contributed by atoms with Gasteiger partial charge in [-0.3, -0.25) is 9.59 Å². The molecular formula is C16H19N3O3. The van der Waals surface area contributed by atoms with Gasteiger partial charge in [0.15, 0.2) is 0 Å². The first-order chi connectivity index (χ1) is 10.4. The predicted molar refractivity (Wildman–Crippen MR) is 82.9 cm³/mol. The summed E-state index contributed by atoms with van der Waals surface area (Å²) in [4.78, 5) is 23.7. The molecule has 116 valence electrons. The number of anilines is 1. The average molecular weight is 301 g/mol. The van der Waals surface area contributed by atoms with E-state index in [1.165, 1.54) is 6.07 Å². The third-order valence-corrected chi connectivity index (χ3v) is 3.20. The summed E-state index contributed by atoms with van der Waals surface area (Å²) in [5.41, 5.74) is 4.51. The van der Waals surface area contributed by atoms with Crippen LogP contribution in [-0.2, 0) is 4.79 Å². The quantitative estimate of drug-likeness (QED) is 0.907. The van der Waals surface area contributed by atoms with E-state index in [2.05, 4.69) is 15.8 Å². The number of hydrogen-bond acceptors (Lipinski definition) is 4. The summed E-state index contributed by atoms with van der Waals surface area (Å²) in [6.45, 7) is 7.46. The maximum atomic E-state index is 12.0. The number of nitrogens with one attached hydrogen (secondary N) is 2. The lowest BCUT2D eigenvalue weighted by Gasteiger charge is -2.13. The van der Waals surface area contributed by atoms with Gasteiger partial charge in [0.2, 0.25) is 11.7 Å². The summed E-state index contributed by atoms with van der Waals surface area (Å²) in [6.07, 6.45) is 0. The average Bonchev–Trinajstić information content (AvgIpc) is 2.87. The molecule has 0 spiro atoms. The Hall–Kier alpha value is -2.63. The van der Waals surface area contributed by atoms with Gasteiger partial charge in [0.05, 0.1) is 12.2 Å². The molecule has 1 aromatic heterocycles. The van der Waals surface area contributed by atoms with Crippen molar-refractivity contribution < 1.29 is 14.1 Å². The molecule has 22 heavy (non-hydrogen) atoms. The van der Waals surface area contributed by atoms with Crippen LogP contribution in [0.15, 0.2) is 22.7 Å². The van der Waals surface area contributed by atoms with Crippen LogP contribution in [0.4, 0.5) is 5.69 Å². The Bertz CT molecular complexity index is 696. The second-order valence-electron chi connectivity index (χ2n) is 5.34. The minimum absolute atomic E-state index is 0.0907. The fourth-order valence-electron chi connectivity index (χ4n) is 2.28. The normalized spacial score (nSPS) is 10.4. The number of aromatic nitrogens is 1. The number of rotatable bonds is 4. The van der Waals surface area contributed by atoms with E-state index in [0.29, 0.717) is 5.69 Å². The van der Waals surface area contributed by atoms with Crippen LogP contribution in [0.3, 0.4) is 0 Å². The molecule has 0 atom stereocenters. The SMILES string of the molecule is Cc1cc(C)c(NC(=O)CNC(=O)c2cc(C)no2)c(C)c1. The highest BCUT2D eigenvalue weighted by atomic mass is 16.5. The molecule has 6 nitrogen and oxygen atoms in total. The van der Waals surface area contributed by atoms with Crippen LogP contribution in [0.25, 0.3) is 0 Å². The molecule has 0 fully saturated rings. The lowest BCUT2D eigenvalue weighted by Crippen LogP contribution is -2.33. The Balaban J connectivity index is 1.95. The third kappa shape index (κ3) is 3.72. The van der Waals surface area contributed by atoms with E-state index in [1.54, 1.807) is 6.92 Å². The van der Waals surface area contributed by atoms with Gasteiger partial charge >= 0.3 is 0 Å². The van der Waals surface area contributed by atoms with E-state index in [-0.39, 0.29) is 18.2 Å². The van der Waals surface area contributed by atoms with Crippen molar-refractivity contribution in [3.8, 4) is 0 Å². The zero-order valence-electron chi connectivity index (χ0n) is 13.1. The van der Waals surface area contributed by atoms with Gasteiger partial charge in [-0.25, -0.2) is 0 Å². The maximum Gasteiger partial charge on any atom is 0.290 e. The minimum Gasteiger partial charge on any atom is -0.351 e. The highest BCUT2D eigenvalue weighted by Gasteiger charge is 2.14. The van der Waals surface area contributed by atoms with E-state index >= 15 is 0 Å². The molecule has 2 aromatic rings. The van der Waals surface area contributed by atoms with Gasteiger partial charge in [-0.05, 0) is 38.8 Å². The highest BCUT2D eigenvalue weighted by Crippen LogP contribution is 2.21. The minimum atomic E-state index is -0.465. The van der Waals surface area contributed by atoms with Crippen LogP contribution >= 0.6 is 0 Å². The van der Waals surface area contributed by atoms with Crippen LogP contribution in [0.2, 0.25) is 0 Å². The van der Waals surface area contributed by atoms with Crippen molar-refractivity contribution in [3.63, 3.8) is 0 Å². The molecule has 2 amide bonds. The van der Waals surface area contributed by atoms with Crippen molar-refractivity contribution in [1.29, 1.82) is 0 Å². The van der Waals surface area contributed by atoms with E-state index < -0.39 is 5.91 Å². The molecule has 0 radical (unpaired) electrons. The highest BCUT2D eigenvalue weighted by molar-refractivity contribution is 5.98. The van der Waals surface area contributed by atoms with Gasteiger partial charge in [-0.1, -0.05) is 22.9 Å². The van der Waals surface area contributed by atoms with Crippen molar-refractivity contribution >= 4 is 17.5 Å². The molecule has 2 rings (SSSR count). The van der Waals surface area contributed by atoms with Gasteiger partial charge in [0.1, 0.15) is 0 Å². The number of carbonyl (C=O) groups excluding carboxylic acids is 2. The van der Waals surface area contributed by atoms with Crippen molar-refractivity contribution in [2.24, 2.45) is 0 Å². The molecule has 0 aliphatic rings. The monoisotopic (exact) mass is 301 g/mol. The summed E-state index contributed by atoms with van der Waals surface area (Å²) in [5, 5.41) is 8.94. The van der Waals surface area contributed by atoms with Crippen molar-refractivity contribution in [2.75, 3.05) is 11.9 Å². The van der Waals surface area contributed by atoms with Crippen LogP contribution in [0.5, 0.6) is 0 Å². The first-order valence-corrected chi connectivity index (χ1v) is 6.96. The van der Waals surface area contributed by atoms with Gasteiger partial charge in [-0.15, -0.1) is 0 Å². The molecule has 0 saturated heterocycles. The molecule has 2 N–H and O–H groups in total. The molecule has 0 bridgehead atoms. The lowest BCUT2D eigenvalue weighted by molar-refractivity contribution is -0.115. The summed E-state index contributed by atoms with van der Waals surface area (Å²) < 4.78 is 4.83. The summed E-state index contributed by atoms with van der Waals surface area (Å²) in [7, 11) is 0. The van der Waals surface area contributed by atoms with E-state index in [4.69, 9.17) is 4.52 Å². The van der Waals surface area contributed by atoms with Crippen molar-refractivity contribution in [2.45, 2.75) is 27.7 Å². The number of aryl methyl sites for hydroxylation is 4. The predicted octanol–water partition coefficient (Wildman–Crippen LogP) is 2.28. The number of nitrogens with zero attached hydrogens (tertiary/aromatic N) is 1. The second kappa shape index (κ2) is 6.43. The Morgan fingerprint density at radius 2 is 1.73 bits per heavy atom. The summed E-state index contributed by atoms with van der Waals surface area (Å²) >= 11 is 0. The summed E-state index contributed by atoms with van der Waals surface area (Å²) in [6, 6.07) is 5.51. The number of carbonyl (C=O) groups is 2. The van der Waals surface area contributed by atoms with Crippen LogP contribution in [0, 0.1) is 27.7 Å². The smallest absolute Gasteiger partial charge is 0.290 e. The van der Waals surface area contributed by atoms with Gasteiger partial charge < -0.3 is 15.2 Å². The Kier molecular flexibility index (Phi) is 4.60. The fourth-order valence-corrected chi connectivity index (χ4v) is 2.28. The van der Waals surface area contributed by atoms with E-state index in [1.807, 2.05) is 32.9 Å². The topological polar surface area (TPSA) is 84.2 Å². The van der Waals surface area contributed by atoms with Crippen LogP contribution < -0.4 is 10.6 Å².